The van der Waals surface area contributed by atoms with Crippen LogP contribution < -0.4 is 33.0 Å². The number of nitrogens with two attached hydrogens (primary N) is 2. The lowest BCUT2D eigenvalue weighted by molar-refractivity contribution is -0.688. The van der Waals surface area contributed by atoms with Gasteiger partial charge in [0.05, 0.1) is 0 Å². The highest BCUT2D eigenvalue weighted by Gasteiger charge is 2.08. The van der Waals surface area contributed by atoms with Gasteiger partial charge in [-0.1, -0.05) is 12.1 Å². The summed E-state index contributed by atoms with van der Waals surface area (Å²) in [5.41, 5.74) is 12.3. The molecule has 20 heavy (non-hydrogen) atoms. The molecule has 5 nitrogen and oxygen atoms in total. The molecule has 0 radical (unpaired) electrons. The van der Waals surface area contributed by atoms with E-state index in [4.69, 9.17) is 11.5 Å². The van der Waals surface area contributed by atoms with Crippen molar-refractivity contribution in [3.63, 3.8) is 0 Å². The first kappa shape index (κ1) is 15.8. The summed E-state index contributed by atoms with van der Waals surface area (Å²) in [6.45, 7) is 0.583. The van der Waals surface area contributed by atoms with Gasteiger partial charge in [-0.15, -0.1) is 0 Å². The van der Waals surface area contributed by atoms with Crippen LogP contribution in [-0.2, 0) is 6.54 Å². The molecule has 0 atom stereocenters. The van der Waals surface area contributed by atoms with E-state index in [0.717, 1.165) is 5.56 Å². The van der Waals surface area contributed by atoms with Crippen LogP contribution in [0.1, 0.15) is 26.3 Å². The SMILES string of the molecule is NC(=O)c1ccc(C[n+]2cccc(C(N)=O)c2)cc1.[Br-]. The lowest BCUT2D eigenvalue weighted by Gasteiger charge is -2.00. The molecule has 4 N–H and O–H groups in total. The summed E-state index contributed by atoms with van der Waals surface area (Å²) in [6, 6.07) is 10.4. The molecule has 0 aliphatic rings. The first-order chi connectivity index (χ1) is 9.06. The lowest BCUT2D eigenvalue weighted by atomic mass is 10.1. The molecule has 0 aliphatic carbocycles. The summed E-state index contributed by atoms with van der Waals surface area (Å²) in [5, 5.41) is 0. The summed E-state index contributed by atoms with van der Waals surface area (Å²) < 4.78 is 1.85. The first-order valence-corrected chi connectivity index (χ1v) is 5.74. The molecule has 6 heteroatoms. The predicted molar refractivity (Wildman–Crippen MR) is 69.2 cm³/mol. The molecule has 2 rings (SSSR count). The van der Waals surface area contributed by atoms with Gasteiger partial charge < -0.3 is 28.4 Å². The van der Waals surface area contributed by atoms with Crippen LogP contribution in [0.3, 0.4) is 0 Å². The van der Waals surface area contributed by atoms with Crippen molar-refractivity contribution in [3.05, 3.63) is 65.5 Å². The van der Waals surface area contributed by atoms with E-state index in [9.17, 15) is 9.59 Å². The van der Waals surface area contributed by atoms with Gasteiger partial charge in [0.25, 0.3) is 5.91 Å². The minimum Gasteiger partial charge on any atom is -1.00 e. The Morgan fingerprint density at radius 3 is 2.10 bits per heavy atom. The van der Waals surface area contributed by atoms with Crippen LogP contribution in [0.2, 0.25) is 0 Å². The van der Waals surface area contributed by atoms with Crippen molar-refractivity contribution in [1.29, 1.82) is 0 Å². The van der Waals surface area contributed by atoms with Gasteiger partial charge in [-0.25, -0.2) is 0 Å². The smallest absolute Gasteiger partial charge is 0.254 e. The topological polar surface area (TPSA) is 90.1 Å². The average molecular weight is 336 g/mol. The Hall–Kier alpha value is -2.21. The molecular weight excluding hydrogens is 322 g/mol. The number of hydrogen-bond acceptors (Lipinski definition) is 2. The summed E-state index contributed by atoms with van der Waals surface area (Å²) in [5.74, 6) is -0.909. The third-order valence-corrected chi connectivity index (χ3v) is 2.75. The quantitative estimate of drug-likeness (QED) is 0.592. The molecule has 2 aromatic rings. The average Bonchev–Trinajstić information content (AvgIpc) is 2.39. The van der Waals surface area contributed by atoms with Crippen molar-refractivity contribution in [2.45, 2.75) is 6.54 Å². The van der Waals surface area contributed by atoms with Gasteiger partial charge in [0.15, 0.2) is 18.9 Å². The minimum absolute atomic E-state index is 0. The third-order valence-electron chi connectivity index (χ3n) is 2.75. The second-order valence-electron chi connectivity index (χ2n) is 4.19. The first-order valence-electron chi connectivity index (χ1n) is 5.74. The Labute approximate surface area is 127 Å². The fourth-order valence-electron chi connectivity index (χ4n) is 1.75. The van der Waals surface area contributed by atoms with Crippen molar-refractivity contribution < 1.29 is 31.1 Å². The molecule has 0 saturated carbocycles. The van der Waals surface area contributed by atoms with Crippen LogP contribution in [-0.4, -0.2) is 11.8 Å². The van der Waals surface area contributed by atoms with Crippen molar-refractivity contribution in [3.8, 4) is 0 Å². The summed E-state index contributed by atoms with van der Waals surface area (Å²) in [7, 11) is 0. The standard InChI is InChI=1S/C14H13N3O2.BrH/c15-13(18)11-5-3-10(4-6-11)8-17-7-1-2-12(9-17)14(16)19;/h1-7,9H,8H2,(H3-,15,16,18,19);1H. The van der Waals surface area contributed by atoms with Crippen LogP contribution in [0.4, 0.5) is 0 Å². The Balaban J connectivity index is 0.00000200. The van der Waals surface area contributed by atoms with Gasteiger partial charge in [0.1, 0.15) is 5.56 Å². The van der Waals surface area contributed by atoms with Crippen LogP contribution in [0, 0.1) is 0 Å². The Bertz CT molecular complexity index is 627. The van der Waals surface area contributed by atoms with Crippen molar-refractivity contribution >= 4 is 11.8 Å². The maximum Gasteiger partial charge on any atom is 0.254 e. The third kappa shape index (κ3) is 3.89. The van der Waals surface area contributed by atoms with E-state index >= 15 is 0 Å². The number of benzene rings is 1. The van der Waals surface area contributed by atoms with E-state index in [-0.39, 0.29) is 17.0 Å². The highest BCUT2D eigenvalue weighted by atomic mass is 79.9. The molecular formula is C14H14BrN3O2. The molecule has 1 heterocycles. The second kappa shape index (κ2) is 6.81. The number of amides is 2. The van der Waals surface area contributed by atoms with E-state index in [1.807, 2.05) is 22.9 Å². The van der Waals surface area contributed by atoms with E-state index < -0.39 is 11.8 Å². The number of halogens is 1. The Kier molecular flexibility index (Phi) is 5.40. The largest absolute Gasteiger partial charge is 1.00 e. The minimum atomic E-state index is -0.460. The van der Waals surface area contributed by atoms with Crippen molar-refractivity contribution in [2.75, 3.05) is 0 Å². The van der Waals surface area contributed by atoms with Crippen LogP contribution in [0.25, 0.3) is 0 Å². The van der Waals surface area contributed by atoms with E-state index in [1.54, 1.807) is 30.5 Å². The number of pyridine rings is 1. The number of aromatic nitrogens is 1. The molecule has 2 amide bonds. The molecule has 0 bridgehead atoms. The number of carbonyl (C=O) groups excluding carboxylic acids is 2. The number of carbonyl (C=O) groups is 2. The molecule has 0 saturated heterocycles. The van der Waals surface area contributed by atoms with E-state index in [2.05, 4.69) is 0 Å². The van der Waals surface area contributed by atoms with Gasteiger partial charge in [0, 0.05) is 17.2 Å². The maximum absolute atomic E-state index is 11.1. The number of hydrogen-bond donors (Lipinski definition) is 2. The highest BCUT2D eigenvalue weighted by molar-refractivity contribution is 5.92. The lowest BCUT2D eigenvalue weighted by Crippen LogP contribution is -3.00. The molecule has 0 fully saturated rings. The molecule has 1 aromatic carbocycles. The van der Waals surface area contributed by atoms with Crippen LogP contribution in [0.5, 0.6) is 0 Å². The highest BCUT2D eigenvalue weighted by Crippen LogP contribution is 2.03. The van der Waals surface area contributed by atoms with Gasteiger partial charge >= 0.3 is 0 Å². The van der Waals surface area contributed by atoms with E-state index in [0.29, 0.717) is 17.7 Å². The van der Waals surface area contributed by atoms with Gasteiger partial charge in [-0.05, 0) is 18.2 Å². The molecule has 0 spiro atoms. The van der Waals surface area contributed by atoms with Gasteiger partial charge in [-0.2, -0.15) is 4.57 Å². The Morgan fingerprint density at radius 2 is 1.55 bits per heavy atom. The maximum atomic E-state index is 11.1. The molecule has 0 aliphatic heterocycles. The fourth-order valence-corrected chi connectivity index (χ4v) is 1.75. The van der Waals surface area contributed by atoms with Gasteiger partial charge in [0.2, 0.25) is 5.91 Å². The zero-order chi connectivity index (χ0) is 13.8. The Morgan fingerprint density at radius 1 is 0.950 bits per heavy atom. The fraction of sp³-hybridized carbons (Fsp3) is 0.0714. The zero-order valence-corrected chi connectivity index (χ0v) is 12.2. The number of nitrogens with zero attached hydrogens (tertiary/aromatic N) is 1. The van der Waals surface area contributed by atoms with Gasteiger partial charge in [-0.3, -0.25) is 9.59 Å². The molecule has 1 aromatic heterocycles. The van der Waals surface area contributed by atoms with Crippen LogP contribution in [0.15, 0.2) is 48.8 Å². The summed E-state index contributed by atoms with van der Waals surface area (Å²) in [6.07, 6.45) is 3.53. The van der Waals surface area contributed by atoms with Crippen molar-refractivity contribution in [2.24, 2.45) is 11.5 Å². The predicted octanol–water partition coefficient (Wildman–Crippen LogP) is -2.78. The second-order valence-corrected chi connectivity index (χ2v) is 4.19. The normalized spacial score (nSPS) is 9.60. The molecule has 104 valence electrons. The summed E-state index contributed by atoms with van der Waals surface area (Å²) in [4.78, 5) is 22.0. The molecule has 0 unspecified atom stereocenters. The zero-order valence-electron chi connectivity index (χ0n) is 10.6. The van der Waals surface area contributed by atoms with Crippen LogP contribution >= 0.6 is 0 Å². The summed E-state index contributed by atoms with van der Waals surface area (Å²) >= 11 is 0. The number of primary amides is 2. The van der Waals surface area contributed by atoms with Crippen molar-refractivity contribution in [1.82, 2.24) is 0 Å². The van der Waals surface area contributed by atoms with E-state index in [1.165, 1.54) is 0 Å². The number of rotatable bonds is 4. The monoisotopic (exact) mass is 335 g/mol.